The summed E-state index contributed by atoms with van der Waals surface area (Å²) in [6.07, 6.45) is 3.05. The third kappa shape index (κ3) is 2.49. The predicted octanol–water partition coefficient (Wildman–Crippen LogP) is 0.640. The van der Waals surface area contributed by atoms with Gasteiger partial charge in [0.05, 0.1) is 12.1 Å². The molecular weight excluding hydrogens is 234 g/mol. The highest BCUT2D eigenvalue weighted by atomic mass is 16.4. The van der Waals surface area contributed by atoms with Crippen LogP contribution >= 0.6 is 0 Å². The van der Waals surface area contributed by atoms with Gasteiger partial charge in [-0.1, -0.05) is 12.1 Å². The number of carbonyl (C=O) groups is 1. The largest absolute Gasteiger partial charge is 0.481 e. The van der Waals surface area contributed by atoms with Crippen LogP contribution in [-0.2, 0) is 4.79 Å². The Morgan fingerprint density at radius 1 is 1.39 bits per heavy atom. The molecule has 2 rings (SSSR count). The van der Waals surface area contributed by atoms with Gasteiger partial charge in [-0.15, -0.1) is 0 Å². The number of aromatic nitrogens is 2. The molecule has 0 aliphatic carbocycles. The van der Waals surface area contributed by atoms with Gasteiger partial charge in [0.25, 0.3) is 0 Å². The Hall–Kier alpha value is -2.34. The molecule has 2 aromatic rings. The summed E-state index contributed by atoms with van der Waals surface area (Å²) in [7, 11) is 0. The van der Waals surface area contributed by atoms with E-state index in [0.29, 0.717) is 5.69 Å². The normalized spacial score (nSPS) is 12.3. The second-order valence-corrected chi connectivity index (χ2v) is 3.93. The van der Waals surface area contributed by atoms with E-state index in [0.717, 1.165) is 5.56 Å². The van der Waals surface area contributed by atoms with Crippen molar-refractivity contribution in [2.75, 3.05) is 0 Å². The second-order valence-electron chi connectivity index (χ2n) is 3.93. The van der Waals surface area contributed by atoms with E-state index in [-0.39, 0.29) is 12.1 Å². The Bertz CT molecular complexity index is 598. The van der Waals surface area contributed by atoms with Crippen LogP contribution in [0.15, 0.2) is 41.5 Å². The summed E-state index contributed by atoms with van der Waals surface area (Å²) >= 11 is 0. The van der Waals surface area contributed by atoms with Gasteiger partial charge >= 0.3 is 11.7 Å². The quantitative estimate of drug-likeness (QED) is 0.737. The molecule has 1 unspecified atom stereocenters. The molecule has 0 spiro atoms. The summed E-state index contributed by atoms with van der Waals surface area (Å²) in [6.45, 7) is 0. The zero-order chi connectivity index (χ0) is 13.1. The van der Waals surface area contributed by atoms with Crippen LogP contribution in [0, 0.1) is 0 Å². The van der Waals surface area contributed by atoms with E-state index < -0.39 is 12.0 Å². The van der Waals surface area contributed by atoms with Gasteiger partial charge in [-0.05, 0) is 17.7 Å². The number of aromatic amines is 1. The number of imidazole rings is 1. The highest BCUT2D eigenvalue weighted by Crippen LogP contribution is 2.16. The number of nitrogens with one attached hydrogen (secondary N) is 1. The van der Waals surface area contributed by atoms with Gasteiger partial charge in [-0.3, -0.25) is 9.36 Å². The molecule has 94 valence electrons. The third-order valence-corrected chi connectivity index (χ3v) is 2.64. The van der Waals surface area contributed by atoms with Gasteiger partial charge in [-0.25, -0.2) is 4.79 Å². The minimum Gasteiger partial charge on any atom is -0.481 e. The molecule has 0 saturated heterocycles. The smallest absolute Gasteiger partial charge is 0.330 e. The second kappa shape index (κ2) is 4.89. The summed E-state index contributed by atoms with van der Waals surface area (Å²) in [5.74, 6) is -0.937. The molecular formula is C12H13N3O3. The Morgan fingerprint density at radius 3 is 2.56 bits per heavy atom. The van der Waals surface area contributed by atoms with E-state index >= 15 is 0 Å². The molecule has 1 heterocycles. The molecule has 1 aromatic carbocycles. The van der Waals surface area contributed by atoms with Crippen molar-refractivity contribution in [3.05, 3.63) is 52.7 Å². The molecule has 6 heteroatoms. The van der Waals surface area contributed by atoms with Gasteiger partial charge in [0, 0.05) is 18.4 Å². The molecule has 0 bridgehead atoms. The first-order valence-electron chi connectivity index (χ1n) is 5.41. The molecule has 0 amide bonds. The Labute approximate surface area is 103 Å². The SMILES string of the molecule is NC(CC(=O)O)c1ccc(-n2cc[nH]c2=O)cc1. The highest BCUT2D eigenvalue weighted by Gasteiger charge is 2.10. The van der Waals surface area contributed by atoms with Crippen LogP contribution in [0.5, 0.6) is 0 Å². The van der Waals surface area contributed by atoms with Crippen LogP contribution in [0.1, 0.15) is 18.0 Å². The van der Waals surface area contributed by atoms with E-state index in [2.05, 4.69) is 4.98 Å². The van der Waals surface area contributed by atoms with Gasteiger partial charge in [0.1, 0.15) is 0 Å². The fourth-order valence-corrected chi connectivity index (χ4v) is 1.71. The lowest BCUT2D eigenvalue weighted by molar-refractivity contribution is -0.137. The fraction of sp³-hybridized carbons (Fsp3) is 0.167. The van der Waals surface area contributed by atoms with E-state index in [9.17, 15) is 9.59 Å². The third-order valence-electron chi connectivity index (χ3n) is 2.64. The first-order valence-corrected chi connectivity index (χ1v) is 5.41. The number of carboxylic acid groups (broad SMARTS) is 1. The molecule has 0 saturated carbocycles. The van der Waals surface area contributed by atoms with Gasteiger partial charge in [0.2, 0.25) is 0 Å². The summed E-state index contributed by atoms with van der Waals surface area (Å²) < 4.78 is 1.45. The van der Waals surface area contributed by atoms with Crippen LogP contribution in [0.4, 0.5) is 0 Å². The van der Waals surface area contributed by atoms with Crippen molar-refractivity contribution in [1.82, 2.24) is 9.55 Å². The molecule has 0 fully saturated rings. The molecule has 4 N–H and O–H groups in total. The molecule has 6 nitrogen and oxygen atoms in total. The lowest BCUT2D eigenvalue weighted by atomic mass is 10.0. The van der Waals surface area contributed by atoms with Crippen molar-refractivity contribution < 1.29 is 9.90 Å². The summed E-state index contributed by atoms with van der Waals surface area (Å²) in [6, 6.07) is 6.36. The number of hydrogen-bond acceptors (Lipinski definition) is 3. The van der Waals surface area contributed by atoms with E-state index in [1.54, 1.807) is 36.7 Å². The topological polar surface area (TPSA) is 101 Å². The lowest BCUT2D eigenvalue weighted by Gasteiger charge is -2.10. The number of H-pyrrole nitrogens is 1. The number of rotatable bonds is 4. The van der Waals surface area contributed by atoms with Crippen LogP contribution in [0.3, 0.4) is 0 Å². The summed E-state index contributed by atoms with van der Waals surface area (Å²) in [5.41, 5.74) is 6.94. The lowest BCUT2D eigenvalue weighted by Crippen LogP contribution is -2.16. The van der Waals surface area contributed by atoms with Crippen molar-refractivity contribution in [1.29, 1.82) is 0 Å². The van der Waals surface area contributed by atoms with Crippen LogP contribution in [0.25, 0.3) is 5.69 Å². The average molecular weight is 247 g/mol. The Morgan fingerprint density at radius 2 is 2.06 bits per heavy atom. The maximum atomic E-state index is 11.4. The number of nitrogens with two attached hydrogens (primary N) is 1. The van der Waals surface area contributed by atoms with Crippen LogP contribution in [0.2, 0.25) is 0 Å². The molecule has 0 aliphatic rings. The number of benzene rings is 1. The first kappa shape index (κ1) is 12.1. The summed E-state index contributed by atoms with van der Waals surface area (Å²) in [5, 5.41) is 8.66. The van der Waals surface area contributed by atoms with Crippen LogP contribution < -0.4 is 11.4 Å². The molecule has 18 heavy (non-hydrogen) atoms. The summed E-state index contributed by atoms with van der Waals surface area (Å²) in [4.78, 5) is 24.5. The fourth-order valence-electron chi connectivity index (χ4n) is 1.71. The average Bonchev–Trinajstić information content (AvgIpc) is 2.75. The zero-order valence-electron chi connectivity index (χ0n) is 9.54. The number of hydrogen-bond donors (Lipinski definition) is 3. The minimum absolute atomic E-state index is 0.122. The van der Waals surface area contributed by atoms with Gasteiger partial charge in [0.15, 0.2) is 0 Å². The molecule has 0 aliphatic heterocycles. The number of nitrogens with zero attached hydrogens (tertiary/aromatic N) is 1. The zero-order valence-corrected chi connectivity index (χ0v) is 9.54. The first-order chi connectivity index (χ1) is 8.58. The van der Waals surface area contributed by atoms with Gasteiger partial charge < -0.3 is 15.8 Å². The number of carboxylic acids is 1. The van der Waals surface area contributed by atoms with Crippen molar-refractivity contribution >= 4 is 5.97 Å². The molecule has 1 atom stereocenters. The van der Waals surface area contributed by atoms with Crippen molar-refractivity contribution in [2.45, 2.75) is 12.5 Å². The minimum atomic E-state index is -0.937. The maximum Gasteiger partial charge on any atom is 0.330 e. The highest BCUT2D eigenvalue weighted by molar-refractivity contribution is 5.67. The standard InChI is InChI=1S/C12H13N3O3/c13-10(7-11(16)17)8-1-3-9(4-2-8)15-6-5-14-12(15)18/h1-6,10H,7,13H2,(H,14,18)(H,16,17). The van der Waals surface area contributed by atoms with Crippen LogP contribution in [-0.4, -0.2) is 20.6 Å². The van der Waals surface area contributed by atoms with E-state index in [1.165, 1.54) is 4.57 Å². The Balaban J connectivity index is 2.23. The predicted molar refractivity (Wildman–Crippen MR) is 65.6 cm³/mol. The molecule has 1 aromatic heterocycles. The molecule has 0 radical (unpaired) electrons. The number of aliphatic carboxylic acids is 1. The Kier molecular flexibility index (Phi) is 3.29. The van der Waals surface area contributed by atoms with E-state index in [4.69, 9.17) is 10.8 Å². The van der Waals surface area contributed by atoms with E-state index in [1.807, 2.05) is 0 Å². The van der Waals surface area contributed by atoms with Crippen molar-refractivity contribution in [3.8, 4) is 5.69 Å². The van der Waals surface area contributed by atoms with Crippen molar-refractivity contribution in [2.24, 2.45) is 5.73 Å². The van der Waals surface area contributed by atoms with Gasteiger partial charge in [-0.2, -0.15) is 0 Å². The van der Waals surface area contributed by atoms with Crippen molar-refractivity contribution in [3.63, 3.8) is 0 Å². The monoisotopic (exact) mass is 247 g/mol. The maximum absolute atomic E-state index is 11.4.